The largest absolute Gasteiger partial charge is 0.497 e. The number of hydrogen-bond acceptors (Lipinski definition) is 8. The molecule has 2 aliphatic rings. The summed E-state index contributed by atoms with van der Waals surface area (Å²) in [5.74, 6) is 1.40. The minimum Gasteiger partial charge on any atom is -0.497 e. The van der Waals surface area contributed by atoms with Crippen LogP contribution in [0.1, 0.15) is 26.2 Å². The van der Waals surface area contributed by atoms with Gasteiger partial charge in [0.1, 0.15) is 5.75 Å². The quantitative estimate of drug-likeness (QED) is 0.574. The first kappa shape index (κ1) is 23.5. The van der Waals surface area contributed by atoms with E-state index in [-0.39, 0.29) is 11.8 Å². The number of amides is 1. The fourth-order valence-corrected chi connectivity index (χ4v) is 4.55. The number of likely N-dealkylation sites (N-methyl/N-ethyl adjacent to an activating group) is 1. The van der Waals surface area contributed by atoms with Crippen LogP contribution < -0.4 is 15.0 Å². The van der Waals surface area contributed by atoms with Crippen molar-refractivity contribution >= 4 is 11.9 Å². The van der Waals surface area contributed by atoms with E-state index < -0.39 is 0 Å². The Morgan fingerprint density at radius 1 is 1.15 bits per heavy atom. The molecule has 180 valence electrons. The third-order valence-electron chi connectivity index (χ3n) is 6.69. The van der Waals surface area contributed by atoms with Crippen molar-refractivity contribution < 1.29 is 14.1 Å². The van der Waals surface area contributed by atoms with Crippen molar-refractivity contribution in [1.29, 1.82) is 0 Å². The van der Waals surface area contributed by atoms with Crippen LogP contribution in [-0.4, -0.2) is 91.9 Å². The number of hydrogen-bond donors (Lipinski definition) is 1. The number of ether oxygens (including phenoxy) is 1. The van der Waals surface area contributed by atoms with Crippen LogP contribution in [0.15, 0.2) is 28.8 Å². The van der Waals surface area contributed by atoms with Crippen LogP contribution >= 0.6 is 0 Å². The SMILES string of the molecule is CCN1CCN(CCCNC(=O)C2CCCN(c3nc(-c4ccc(OC)cc4)no3)C2)CC1. The van der Waals surface area contributed by atoms with Crippen molar-refractivity contribution in [3.63, 3.8) is 0 Å². The standard InChI is InChI=1S/C24H36N6O3/c1-3-28-14-16-29(17-15-28)12-5-11-25-23(31)20-6-4-13-30(18-20)24-26-22(27-33-24)19-7-9-21(32-2)10-8-19/h7-10,20H,3-6,11-18H2,1-2H3,(H,25,31). The van der Waals surface area contributed by atoms with Gasteiger partial charge in [0.2, 0.25) is 11.7 Å². The van der Waals surface area contributed by atoms with Crippen LogP contribution in [0.25, 0.3) is 11.4 Å². The van der Waals surface area contributed by atoms with Crippen molar-refractivity contribution in [2.45, 2.75) is 26.2 Å². The summed E-state index contributed by atoms with van der Waals surface area (Å²) in [6, 6.07) is 8.03. The molecule has 9 nitrogen and oxygen atoms in total. The Hall–Kier alpha value is -2.65. The summed E-state index contributed by atoms with van der Waals surface area (Å²) in [6.07, 6.45) is 2.81. The van der Waals surface area contributed by atoms with Gasteiger partial charge in [0.25, 0.3) is 0 Å². The normalized spacial score (nSPS) is 20.1. The Kier molecular flexibility index (Phi) is 8.17. The smallest absolute Gasteiger partial charge is 0.324 e. The van der Waals surface area contributed by atoms with Crippen molar-refractivity contribution in [2.75, 3.05) is 70.9 Å². The lowest BCUT2D eigenvalue weighted by molar-refractivity contribution is -0.125. The molecule has 1 aromatic carbocycles. The summed E-state index contributed by atoms with van der Waals surface area (Å²) in [5, 5.41) is 7.27. The molecule has 2 aromatic rings. The maximum absolute atomic E-state index is 12.8. The highest BCUT2D eigenvalue weighted by molar-refractivity contribution is 5.79. The summed E-state index contributed by atoms with van der Waals surface area (Å²) in [7, 11) is 1.64. The number of piperazine rings is 1. The Balaban J connectivity index is 1.22. The van der Waals surface area contributed by atoms with Crippen LogP contribution in [0.5, 0.6) is 5.75 Å². The lowest BCUT2D eigenvalue weighted by Crippen LogP contribution is -2.47. The molecule has 9 heteroatoms. The molecule has 1 amide bonds. The van der Waals surface area contributed by atoms with Crippen LogP contribution in [-0.2, 0) is 4.79 Å². The highest BCUT2D eigenvalue weighted by atomic mass is 16.5. The molecule has 0 spiro atoms. The topological polar surface area (TPSA) is 87.0 Å². The molecule has 1 N–H and O–H groups in total. The number of carbonyl (C=O) groups excluding carboxylic acids is 1. The molecule has 0 saturated carbocycles. The average molecular weight is 457 g/mol. The molecule has 1 aromatic heterocycles. The highest BCUT2D eigenvalue weighted by Crippen LogP contribution is 2.25. The van der Waals surface area contributed by atoms with Gasteiger partial charge in [-0.2, -0.15) is 4.98 Å². The second kappa shape index (κ2) is 11.5. The average Bonchev–Trinajstić information content (AvgIpc) is 3.37. The molecule has 0 bridgehead atoms. The third kappa shape index (κ3) is 6.23. The Bertz CT molecular complexity index is 879. The lowest BCUT2D eigenvalue weighted by atomic mass is 9.97. The van der Waals surface area contributed by atoms with Crippen LogP contribution in [0.3, 0.4) is 0 Å². The minimum absolute atomic E-state index is 0.0526. The molecule has 3 heterocycles. The summed E-state index contributed by atoms with van der Waals surface area (Å²) in [6.45, 7) is 11.1. The minimum atomic E-state index is -0.0526. The van der Waals surface area contributed by atoms with Crippen molar-refractivity contribution in [1.82, 2.24) is 25.3 Å². The number of methoxy groups -OCH3 is 1. The Morgan fingerprint density at radius 3 is 2.64 bits per heavy atom. The zero-order chi connectivity index (χ0) is 23.0. The van der Waals surface area contributed by atoms with Gasteiger partial charge >= 0.3 is 6.01 Å². The summed E-state index contributed by atoms with van der Waals surface area (Å²) in [5.41, 5.74) is 0.869. The first-order chi connectivity index (χ1) is 16.2. The van der Waals surface area contributed by atoms with Gasteiger partial charge in [-0.15, -0.1) is 0 Å². The third-order valence-corrected chi connectivity index (χ3v) is 6.69. The van der Waals surface area contributed by atoms with E-state index in [4.69, 9.17) is 9.26 Å². The van der Waals surface area contributed by atoms with Gasteiger partial charge in [0.05, 0.1) is 13.0 Å². The van der Waals surface area contributed by atoms with E-state index in [0.29, 0.717) is 18.4 Å². The molecule has 0 radical (unpaired) electrons. The van der Waals surface area contributed by atoms with Gasteiger partial charge < -0.3 is 29.3 Å². The monoisotopic (exact) mass is 456 g/mol. The molecule has 1 atom stereocenters. The van der Waals surface area contributed by atoms with Gasteiger partial charge in [0, 0.05) is 51.4 Å². The molecule has 0 aliphatic carbocycles. The predicted molar refractivity (Wildman–Crippen MR) is 127 cm³/mol. The predicted octanol–water partition coefficient (Wildman–Crippen LogP) is 2.11. The molecular formula is C24H36N6O3. The highest BCUT2D eigenvalue weighted by Gasteiger charge is 2.28. The van der Waals surface area contributed by atoms with E-state index in [1.807, 2.05) is 29.2 Å². The number of anilines is 1. The Morgan fingerprint density at radius 2 is 1.91 bits per heavy atom. The molecule has 2 aliphatic heterocycles. The second-order valence-electron chi connectivity index (χ2n) is 8.83. The summed E-state index contributed by atoms with van der Waals surface area (Å²) < 4.78 is 10.7. The molecule has 2 saturated heterocycles. The Labute approximate surface area is 196 Å². The van der Waals surface area contributed by atoms with Gasteiger partial charge in [-0.1, -0.05) is 12.1 Å². The van der Waals surface area contributed by atoms with Gasteiger partial charge in [0.15, 0.2) is 0 Å². The van der Waals surface area contributed by atoms with Gasteiger partial charge in [-0.25, -0.2) is 0 Å². The molecule has 33 heavy (non-hydrogen) atoms. The van der Waals surface area contributed by atoms with Gasteiger partial charge in [-0.3, -0.25) is 4.79 Å². The van der Waals surface area contributed by atoms with E-state index in [2.05, 4.69) is 32.2 Å². The second-order valence-corrected chi connectivity index (χ2v) is 8.83. The zero-order valence-electron chi connectivity index (χ0n) is 19.8. The maximum Gasteiger partial charge on any atom is 0.324 e. The van der Waals surface area contributed by atoms with Crippen LogP contribution in [0.4, 0.5) is 6.01 Å². The molecule has 1 unspecified atom stereocenters. The summed E-state index contributed by atoms with van der Waals surface area (Å²) >= 11 is 0. The molecule has 2 fully saturated rings. The fraction of sp³-hybridized carbons (Fsp3) is 0.625. The summed E-state index contributed by atoms with van der Waals surface area (Å²) in [4.78, 5) is 24.3. The fourth-order valence-electron chi connectivity index (χ4n) is 4.55. The number of carbonyl (C=O) groups is 1. The maximum atomic E-state index is 12.8. The van der Waals surface area contributed by atoms with E-state index >= 15 is 0 Å². The number of piperidine rings is 1. The van der Waals surface area contributed by atoms with E-state index in [1.165, 1.54) is 0 Å². The van der Waals surface area contributed by atoms with Crippen molar-refractivity contribution in [2.24, 2.45) is 5.92 Å². The molecular weight excluding hydrogens is 420 g/mol. The first-order valence-electron chi connectivity index (χ1n) is 12.1. The van der Waals surface area contributed by atoms with Crippen LogP contribution in [0, 0.1) is 5.92 Å². The number of rotatable bonds is 9. The zero-order valence-corrected chi connectivity index (χ0v) is 19.8. The number of nitrogens with one attached hydrogen (secondary N) is 1. The number of nitrogens with zero attached hydrogens (tertiary/aromatic N) is 5. The lowest BCUT2D eigenvalue weighted by Gasteiger charge is -2.34. The molecule has 4 rings (SSSR count). The van der Waals surface area contributed by atoms with E-state index in [1.54, 1.807) is 7.11 Å². The van der Waals surface area contributed by atoms with E-state index in [0.717, 1.165) is 82.9 Å². The first-order valence-corrected chi connectivity index (χ1v) is 12.1. The van der Waals surface area contributed by atoms with Crippen molar-refractivity contribution in [3.8, 4) is 17.1 Å². The van der Waals surface area contributed by atoms with Crippen molar-refractivity contribution in [3.05, 3.63) is 24.3 Å². The number of aromatic nitrogens is 2. The van der Waals surface area contributed by atoms with Gasteiger partial charge in [-0.05, 0) is 56.6 Å². The number of benzene rings is 1. The van der Waals surface area contributed by atoms with Crippen LogP contribution in [0.2, 0.25) is 0 Å². The van der Waals surface area contributed by atoms with E-state index in [9.17, 15) is 4.79 Å².